The molecule has 0 saturated heterocycles. The van der Waals surface area contributed by atoms with Gasteiger partial charge in [-0.05, 0) is 61.4 Å². The zero-order valence-electron chi connectivity index (χ0n) is 14.4. The zero-order chi connectivity index (χ0) is 18.1. The molecule has 6 heteroatoms. The van der Waals surface area contributed by atoms with Gasteiger partial charge < -0.3 is 5.32 Å². The maximum absolute atomic E-state index is 12.6. The maximum Gasteiger partial charge on any atom is 0.261 e. The second-order valence-corrected chi connectivity index (χ2v) is 8.94. The Morgan fingerprint density at radius 2 is 1.77 bits per heavy atom. The van der Waals surface area contributed by atoms with E-state index in [-0.39, 0.29) is 16.8 Å². The number of nitrogens with one attached hydrogen (secondary N) is 2. The van der Waals surface area contributed by atoms with Gasteiger partial charge in [0.15, 0.2) is 0 Å². The summed E-state index contributed by atoms with van der Waals surface area (Å²) in [6, 6.07) is 15.1. The number of hydrogen-bond donors (Lipinski definition) is 2. The first-order valence-electron chi connectivity index (χ1n) is 9.00. The minimum absolute atomic E-state index is 0.0851. The maximum atomic E-state index is 12.6. The van der Waals surface area contributed by atoms with E-state index in [2.05, 4.69) is 10.0 Å². The standard InChI is InChI=1S/C20H22N2O3S/c23-20(21-19-12-14-9-10-15(19)11-14)16-5-4-8-18(13-16)26(24,25)22-17-6-2-1-3-7-17/h1-8,13-15,19,22H,9-12H2,(H,21,23)/t14?,15?,19-/m1/s1. The predicted molar refractivity (Wildman–Crippen MR) is 100 cm³/mol. The molecule has 0 heterocycles. The zero-order valence-corrected chi connectivity index (χ0v) is 15.2. The van der Waals surface area contributed by atoms with E-state index in [0.717, 1.165) is 12.3 Å². The molecule has 2 aromatic carbocycles. The van der Waals surface area contributed by atoms with Crippen LogP contribution in [0.25, 0.3) is 0 Å². The van der Waals surface area contributed by atoms with Gasteiger partial charge in [-0.3, -0.25) is 9.52 Å². The van der Waals surface area contributed by atoms with Gasteiger partial charge >= 0.3 is 0 Å². The Labute approximate surface area is 153 Å². The Morgan fingerprint density at radius 1 is 0.962 bits per heavy atom. The highest BCUT2D eigenvalue weighted by Gasteiger charge is 2.40. The fourth-order valence-corrected chi connectivity index (χ4v) is 5.30. The van der Waals surface area contributed by atoms with Crippen molar-refractivity contribution in [2.24, 2.45) is 11.8 Å². The van der Waals surface area contributed by atoms with Crippen LogP contribution in [0, 0.1) is 11.8 Å². The van der Waals surface area contributed by atoms with Crippen molar-refractivity contribution in [3.05, 3.63) is 60.2 Å². The Hall–Kier alpha value is -2.34. The van der Waals surface area contributed by atoms with Gasteiger partial charge in [0, 0.05) is 17.3 Å². The van der Waals surface area contributed by atoms with Crippen molar-refractivity contribution in [1.82, 2.24) is 5.32 Å². The fourth-order valence-electron chi connectivity index (χ4n) is 4.20. The summed E-state index contributed by atoms with van der Waals surface area (Å²) in [7, 11) is -3.73. The van der Waals surface area contributed by atoms with Crippen molar-refractivity contribution in [1.29, 1.82) is 0 Å². The molecule has 136 valence electrons. The summed E-state index contributed by atoms with van der Waals surface area (Å²) in [5, 5.41) is 3.10. The number of carbonyl (C=O) groups is 1. The van der Waals surface area contributed by atoms with Gasteiger partial charge in [-0.15, -0.1) is 0 Å². The summed E-state index contributed by atoms with van der Waals surface area (Å²) >= 11 is 0. The second-order valence-electron chi connectivity index (χ2n) is 7.25. The van der Waals surface area contributed by atoms with E-state index in [1.54, 1.807) is 36.4 Å². The molecule has 0 spiro atoms. The number of para-hydroxylation sites is 1. The van der Waals surface area contributed by atoms with Crippen LogP contribution in [0.4, 0.5) is 5.69 Å². The lowest BCUT2D eigenvalue weighted by Gasteiger charge is -2.23. The van der Waals surface area contributed by atoms with Gasteiger partial charge in [0.1, 0.15) is 0 Å². The van der Waals surface area contributed by atoms with Crippen LogP contribution >= 0.6 is 0 Å². The van der Waals surface area contributed by atoms with Crippen molar-refractivity contribution >= 4 is 21.6 Å². The number of fused-ring (bicyclic) bond motifs is 2. The molecule has 3 atom stereocenters. The van der Waals surface area contributed by atoms with Crippen molar-refractivity contribution in [3.63, 3.8) is 0 Å². The average molecular weight is 370 g/mol. The highest BCUT2D eigenvalue weighted by molar-refractivity contribution is 7.92. The molecule has 2 fully saturated rings. The number of benzene rings is 2. The third kappa shape index (κ3) is 3.46. The Balaban J connectivity index is 1.50. The van der Waals surface area contributed by atoms with Crippen LogP contribution in [0.1, 0.15) is 36.0 Å². The van der Waals surface area contributed by atoms with Gasteiger partial charge in [0.25, 0.3) is 15.9 Å². The lowest BCUT2D eigenvalue weighted by molar-refractivity contribution is 0.0922. The normalized spacial score (nSPS) is 24.4. The number of carbonyl (C=O) groups excluding carboxylic acids is 1. The number of anilines is 1. The Kier molecular flexibility index (Phi) is 4.44. The molecule has 2 unspecified atom stereocenters. The van der Waals surface area contributed by atoms with Crippen LogP contribution in [-0.2, 0) is 10.0 Å². The molecular weight excluding hydrogens is 348 g/mol. The van der Waals surface area contributed by atoms with Crippen LogP contribution < -0.4 is 10.0 Å². The van der Waals surface area contributed by atoms with Crippen molar-refractivity contribution in [3.8, 4) is 0 Å². The first-order valence-corrected chi connectivity index (χ1v) is 10.5. The van der Waals surface area contributed by atoms with E-state index in [9.17, 15) is 13.2 Å². The quantitative estimate of drug-likeness (QED) is 0.847. The molecule has 0 radical (unpaired) electrons. The van der Waals surface area contributed by atoms with Gasteiger partial charge in [0.05, 0.1) is 4.90 Å². The Morgan fingerprint density at radius 3 is 2.46 bits per heavy atom. The molecule has 2 aliphatic rings. The summed E-state index contributed by atoms with van der Waals surface area (Å²) in [5.74, 6) is 1.13. The summed E-state index contributed by atoms with van der Waals surface area (Å²) < 4.78 is 27.7. The Bertz CT molecular complexity index is 912. The number of amides is 1. The molecule has 1 amide bonds. The fraction of sp³-hybridized carbons (Fsp3) is 0.350. The van der Waals surface area contributed by atoms with Crippen molar-refractivity contribution < 1.29 is 13.2 Å². The summed E-state index contributed by atoms with van der Waals surface area (Å²) in [6.07, 6.45) is 4.71. The highest BCUT2D eigenvalue weighted by Crippen LogP contribution is 2.44. The van der Waals surface area contributed by atoms with Crippen molar-refractivity contribution in [2.75, 3.05) is 4.72 Å². The summed E-state index contributed by atoms with van der Waals surface area (Å²) in [6.45, 7) is 0. The van der Waals surface area contributed by atoms with Gasteiger partial charge in [-0.1, -0.05) is 30.7 Å². The first-order chi connectivity index (χ1) is 12.5. The molecule has 2 bridgehead atoms. The molecule has 2 N–H and O–H groups in total. The summed E-state index contributed by atoms with van der Waals surface area (Å²) in [5.41, 5.74) is 0.869. The van der Waals surface area contributed by atoms with E-state index >= 15 is 0 Å². The van der Waals surface area contributed by atoms with Crippen LogP contribution in [0.3, 0.4) is 0 Å². The van der Waals surface area contributed by atoms with E-state index in [1.807, 2.05) is 6.07 Å². The summed E-state index contributed by atoms with van der Waals surface area (Å²) in [4.78, 5) is 12.7. The SMILES string of the molecule is O=C(N[C@@H]1CC2CCC1C2)c1cccc(S(=O)(=O)Nc2ccccc2)c1. The molecule has 4 rings (SSSR count). The number of sulfonamides is 1. The van der Waals surface area contributed by atoms with Crippen molar-refractivity contribution in [2.45, 2.75) is 36.6 Å². The molecule has 2 aliphatic carbocycles. The molecule has 0 aromatic heterocycles. The molecular formula is C20H22N2O3S. The van der Waals surface area contributed by atoms with Crippen LogP contribution in [0.5, 0.6) is 0 Å². The molecule has 26 heavy (non-hydrogen) atoms. The van der Waals surface area contributed by atoms with Crippen LogP contribution in [-0.4, -0.2) is 20.4 Å². The third-order valence-corrected chi connectivity index (χ3v) is 6.87. The van der Waals surface area contributed by atoms with Gasteiger partial charge in [-0.2, -0.15) is 0 Å². The van der Waals surface area contributed by atoms with E-state index in [4.69, 9.17) is 0 Å². The monoisotopic (exact) mass is 370 g/mol. The minimum Gasteiger partial charge on any atom is -0.349 e. The lowest BCUT2D eigenvalue weighted by Crippen LogP contribution is -2.38. The smallest absolute Gasteiger partial charge is 0.261 e. The average Bonchev–Trinajstić information content (AvgIpc) is 3.25. The van der Waals surface area contributed by atoms with Crippen LogP contribution in [0.2, 0.25) is 0 Å². The van der Waals surface area contributed by atoms with Gasteiger partial charge in [-0.25, -0.2) is 8.42 Å². The highest BCUT2D eigenvalue weighted by atomic mass is 32.2. The van der Waals surface area contributed by atoms with Gasteiger partial charge in [0.2, 0.25) is 0 Å². The number of rotatable bonds is 5. The topological polar surface area (TPSA) is 75.3 Å². The molecule has 5 nitrogen and oxygen atoms in total. The van der Waals surface area contributed by atoms with E-state index in [0.29, 0.717) is 17.2 Å². The third-order valence-electron chi connectivity index (χ3n) is 5.49. The molecule has 2 aromatic rings. The molecule has 2 saturated carbocycles. The lowest BCUT2D eigenvalue weighted by atomic mass is 9.95. The second kappa shape index (κ2) is 6.76. The minimum atomic E-state index is -3.73. The largest absolute Gasteiger partial charge is 0.349 e. The predicted octanol–water partition coefficient (Wildman–Crippen LogP) is 3.41. The van der Waals surface area contributed by atoms with Crippen LogP contribution in [0.15, 0.2) is 59.5 Å². The first kappa shape index (κ1) is 17.1. The molecule has 0 aliphatic heterocycles. The van der Waals surface area contributed by atoms with E-state index < -0.39 is 10.0 Å². The van der Waals surface area contributed by atoms with E-state index in [1.165, 1.54) is 31.4 Å². The number of hydrogen-bond acceptors (Lipinski definition) is 3.